The minimum Gasteiger partial charge on any atom is -0.362 e. The summed E-state index contributed by atoms with van der Waals surface area (Å²) in [6.45, 7) is 2.77. The Kier molecular flexibility index (Phi) is 3.41. The maximum atomic E-state index is 13.6. The van der Waals surface area contributed by atoms with Crippen LogP contribution >= 0.6 is 22.9 Å². The van der Waals surface area contributed by atoms with Crippen LogP contribution in [0.25, 0.3) is 10.4 Å². The van der Waals surface area contributed by atoms with Gasteiger partial charge in [0.2, 0.25) is 0 Å². The monoisotopic (exact) mass is 256 g/mol. The maximum Gasteiger partial charge on any atom is 0.183 e. The second-order valence-corrected chi connectivity index (χ2v) is 4.59. The summed E-state index contributed by atoms with van der Waals surface area (Å²) in [4.78, 5) is 4.88. The molecular formula is C11H10ClFN2S. The van der Waals surface area contributed by atoms with Crippen LogP contribution in [-0.4, -0.2) is 11.5 Å². The van der Waals surface area contributed by atoms with E-state index in [1.54, 1.807) is 18.3 Å². The molecule has 0 radical (unpaired) electrons. The zero-order valence-corrected chi connectivity index (χ0v) is 10.2. The van der Waals surface area contributed by atoms with Crippen LogP contribution in [0.1, 0.15) is 6.92 Å². The molecule has 0 aliphatic heterocycles. The van der Waals surface area contributed by atoms with Crippen molar-refractivity contribution in [3.63, 3.8) is 0 Å². The summed E-state index contributed by atoms with van der Waals surface area (Å²) in [5, 5.41) is 4.26. The molecule has 0 fully saturated rings. The number of aromatic nitrogens is 1. The first-order valence-corrected chi connectivity index (χ1v) is 6.06. The smallest absolute Gasteiger partial charge is 0.183 e. The molecule has 1 heterocycles. The van der Waals surface area contributed by atoms with E-state index in [-0.39, 0.29) is 5.82 Å². The van der Waals surface area contributed by atoms with E-state index in [2.05, 4.69) is 10.3 Å². The minimum atomic E-state index is -0.320. The third-order valence-electron chi connectivity index (χ3n) is 2.04. The predicted molar refractivity (Wildman–Crippen MR) is 66.7 cm³/mol. The number of nitrogens with one attached hydrogen (secondary N) is 1. The molecule has 0 atom stereocenters. The molecule has 84 valence electrons. The van der Waals surface area contributed by atoms with Gasteiger partial charge in [0, 0.05) is 18.3 Å². The molecule has 1 aromatic heterocycles. The average molecular weight is 257 g/mol. The number of halogens is 2. The lowest BCUT2D eigenvalue weighted by Crippen LogP contribution is -1.94. The van der Waals surface area contributed by atoms with Gasteiger partial charge in [-0.05, 0) is 19.1 Å². The molecule has 0 saturated carbocycles. The van der Waals surface area contributed by atoms with Gasteiger partial charge in [0.15, 0.2) is 5.13 Å². The Balaban J connectivity index is 2.42. The van der Waals surface area contributed by atoms with Gasteiger partial charge in [0.05, 0.1) is 9.90 Å². The van der Waals surface area contributed by atoms with Crippen LogP contribution in [0.5, 0.6) is 0 Å². The topological polar surface area (TPSA) is 24.9 Å². The normalized spacial score (nSPS) is 10.4. The number of anilines is 1. The van der Waals surface area contributed by atoms with E-state index in [1.165, 1.54) is 17.4 Å². The lowest BCUT2D eigenvalue weighted by atomic mass is 10.2. The average Bonchev–Trinajstić information content (AvgIpc) is 2.67. The van der Waals surface area contributed by atoms with Crippen LogP contribution in [0.2, 0.25) is 5.02 Å². The first-order valence-electron chi connectivity index (χ1n) is 4.86. The summed E-state index contributed by atoms with van der Waals surface area (Å²) in [7, 11) is 0. The van der Waals surface area contributed by atoms with Crippen molar-refractivity contribution in [2.75, 3.05) is 11.9 Å². The number of hydrogen-bond donors (Lipinski definition) is 1. The molecule has 0 unspecified atom stereocenters. The summed E-state index contributed by atoms with van der Waals surface area (Å²) >= 11 is 7.36. The molecule has 1 aromatic carbocycles. The second-order valence-electron chi connectivity index (χ2n) is 3.16. The highest BCUT2D eigenvalue weighted by atomic mass is 35.5. The SMILES string of the molecule is CCNc1ncc(-c2c(F)cccc2Cl)s1. The highest BCUT2D eigenvalue weighted by molar-refractivity contribution is 7.18. The fourth-order valence-electron chi connectivity index (χ4n) is 1.36. The number of thiazole rings is 1. The molecule has 1 N–H and O–H groups in total. The van der Waals surface area contributed by atoms with E-state index in [9.17, 15) is 4.39 Å². The Morgan fingerprint density at radius 2 is 2.31 bits per heavy atom. The first kappa shape index (κ1) is 11.4. The molecule has 2 rings (SSSR count). The van der Waals surface area contributed by atoms with E-state index in [1.807, 2.05) is 6.92 Å². The number of benzene rings is 1. The fraction of sp³-hybridized carbons (Fsp3) is 0.182. The van der Waals surface area contributed by atoms with Crippen molar-refractivity contribution in [1.29, 1.82) is 0 Å². The third kappa shape index (κ3) is 2.18. The van der Waals surface area contributed by atoms with Gasteiger partial charge in [-0.2, -0.15) is 0 Å². The van der Waals surface area contributed by atoms with Crippen LogP contribution in [-0.2, 0) is 0 Å². The molecule has 0 bridgehead atoms. The third-order valence-corrected chi connectivity index (χ3v) is 3.33. The summed E-state index contributed by atoms with van der Waals surface area (Å²) in [6, 6.07) is 4.66. The van der Waals surface area contributed by atoms with Gasteiger partial charge in [0.1, 0.15) is 5.82 Å². The summed E-state index contributed by atoms with van der Waals surface area (Å²) in [6.07, 6.45) is 1.63. The van der Waals surface area contributed by atoms with Crippen molar-refractivity contribution in [1.82, 2.24) is 4.98 Å². The number of rotatable bonds is 3. The van der Waals surface area contributed by atoms with Crippen molar-refractivity contribution < 1.29 is 4.39 Å². The summed E-state index contributed by atoms with van der Waals surface area (Å²) in [5.74, 6) is -0.320. The molecule has 5 heteroatoms. The lowest BCUT2D eigenvalue weighted by Gasteiger charge is -2.01. The van der Waals surface area contributed by atoms with E-state index < -0.39 is 0 Å². The van der Waals surface area contributed by atoms with Crippen molar-refractivity contribution in [2.24, 2.45) is 0 Å². The highest BCUT2D eigenvalue weighted by Gasteiger charge is 2.12. The molecule has 0 saturated heterocycles. The number of nitrogens with zero attached hydrogens (tertiary/aromatic N) is 1. The number of hydrogen-bond acceptors (Lipinski definition) is 3. The summed E-state index contributed by atoms with van der Waals surface area (Å²) in [5.41, 5.74) is 0.422. The molecule has 0 aliphatic rings. The molecule has 2 aromatic rings. The van der Waals surface area contributed by atoms with Crippen LogP contribution < -0.4 is 5.32 Å². The zero-order chi connectivity index (χ0) is 11.5. The largest absolute Gasteiger partial charge is 0.362 e. The molecule has 2 nitrogen and oxygen atoms in total. The van der Waals surface area contributed by atoms with Gasteiger partial charge >= 0.3 is 0 Å². The van der Waals surface area contributed by atoms with E-state index in [0.29, 0.717) is 10.6 Å². The van der Waals surface area contributed by atoms with E-state index in [0.717, 1.165) is 16.6 Å². The first-order chi connectivity index (χ1) is 7.72. The van der Waals surface area contributed by atoms with Crippen molar-refractivity contribution >= 4 is 28.1 Å². The van der Waals surface area contributed by atoms with Crippen molar-refractivity contribution in [3.05, 3.63) is 35.2 Å². The van der Waals surface area contributed by atoms with E-state index in [4.69, 9.17) is 11.6 Å². The van der Waals surface area contributed by atoms with Crippen LogP contribution in [0.3, 0.4) is 0 Å². The van der Waals surface area contributed by atoms with Crippen molar-refractivity contribution in [2.45, 2.75) is 6.92 Å². The molecule has 0 aliphatic carbocycles. The highest BCUT2D eigenvalue weighted by Crippen LogP contribution is 2.35. The Morgan fingerprint density at radius 3 is 3.00 bits per heavy atom. The minimum absolute atomic E-state index is 0.320. The molecule has 16 heavy (non-hydrogen) atoms. The van der Waals surface area contributed by atoms with Crippen LogP contribution in [0.15, 0.2) is 24.4 Å². The van der Waals surface area contributed by atoms with E-state index >= 15 is 0 Å². The predicted octanol–water partition coefficient (Wildman–Crippen LogP) is 4.03. The summed E-state index contributed by atoms with van der Waals surface area (Å²) < 4.78 is 13.6. The van der Waals surface area contributed by atoms with Crippen LogP contribution in [0.4, 0.5) is 9.52 Å². The van der Waals surface area contributed by atoms with Gasteiger partial charge in [-0.15, -0.1) is 0 Å². The van der Waals surface area contributed by atoms with Gasteiger partial charge in [-0.25, -0.2) is 9.37 Å². The van der Waals surface area contributed by atoms with Gasteiger partial charge in [-0.1, -0.05) is 29.0 Å². The standard InChI is InChI=1S/C11H10ClFN2S/c1-2-14-11-15-6-9(16-11)10-7(12)4-3-5-8(10)13/h3-6H,2H2,1H3,(H,14,15). The Labute approximate surface area is 102 Å². The maximum absolute atomic E-state index is 13.6. The van der Waals surface area contributed by atoms with Gasteiger partial charge in [-0.3, -0.25) is 0 Å². The molecular weight excluding hydrogens is 247 g/mol. The Morgan fingerprint density at radius 1 is 1.50 bits per heavy atom. The Hall–Kier alpha value is -1.13. The quantitative estimate of drug-likeness (QED) is 0.897. The lowest BCUT2D eigenvalue weighted by molar-refractivity contribution is 0.632. The van der Waals surface area contributed by atoms with Gasteiger partial charge < -0.3 is 5.32 Å². The zero-order valence-electron chi connectivity index (χ0n) is 8.63. The van der Waals surface area contributed by atoms with Gasteiger partial charge in [0.25, 0.3) is 0 Å². The molecule has 0 amide bonds. The van der Waals surface area contributed by atoms with Crippen molar-refractivity contribution in [3.8, 4) is 10.4 Å². The fourth-order valence-corrected chi connectivity index (χ4v) is 2.62. The molecule has 0 spiro atoms. The van der Waals surface area contributed by atoms with Crippen LogP contribution in [0, 0.1) is 5.82 Å². The second kappa shape index (κ2) is 4.80. The Bertz CT molecular complexity index is 478.